The summed E-state index contributed by atoms with van der Waals surface area (Å²) in [6.07, 6.45) is 3.98. The summed E-state index contributed by atoms with van der Waals surface area (Å²) in [7, 11) is 0. The van der Waals surface area contributed by atoms with Crippen molar-refractivity contribution in [1.82, 2.24) is 15.3 Å². The standard InChI is InChI=1S/C11H12N4O3/c1-6(2)8-9(16)14-11(18)15(10(8)17)7-3-12-5-13-4-7/h3-6,8H,1-2H3,(H,14,16,18). The molecule has 2 heterocycles. The molecule has 0 radical (unpaired) electrons. The van der Waals surface area contributed by atoms with E-state index in [0.29, 0.717) is 0 Å². The number of aromatic nitrogens is 2. The highest BCUT2D eigenvalue weighted by Crippen LogP contribution is 2.23. The van der Waals surface area contributed by atoms with Gasteiger partial charge in [-0.1, -0.05) is 13.8 Å². The second-order valence-electron chi connectivity index (χ2n) is 4.29. The van der Waals surface area contributed by atoms with Crippen LogP contribution in [0.15, 0.2) is 18.7 Å². The molecule has 7 heteroatoms. The summed E-state index contributed by atoms with van der Waals surface area (Å²) in [6, 6.07) is -0.767. The van der Waals surface area contributed by atoms with Crippen LogP contribution in [0, 0.1) is 11.8 Å². The first-order valence-electron chi connectivity index (χ1n) is 5.46. The van der Waals surface area contributed by atoms with E-state index in [1.165, 1.54) is 18.7 Å². The normalized spacial score (nSPS) is 20.3. The third kappa shape index (κ3) is 1.94. The number of amides is 4. The van der Waals surface area contributed by atoms with Crippen molar-refractivity contribution in [2.24, 2.45) is 11.8 Å². The zero-order chi connectivity index (χ0) is 13.3. The molecule has 1 atom stereocenters. The van der Waals surface area contributed by atoms with Gasteiger partial charge in [-0.25, -0.2) is 19.7 Å². The molecule has 7 nitrogen and oxygen atoms in total. The first kappa shape index (κ1) is 12.2. The Morgan fingerprint density at radius 1 is 1.22 bits per heavy atom. The van der Waals surface area contributed by atoms with Crippen molar-refractivity contribution in [3.63, 3.8) is 0 Å². The molecular weight excluding hydrogens is 236 g/mol. The lowest BCUT2D eigenvalue weighted by atomic mass is 9.92. The predicted octanol–water partition coefficient (Wildman–Crippen LogP) is 0.332. The van der Waals surface area contributed by atoms with E-state index in [9.17, 15) is 14.4 Å². The summed E-state index contributed by atoms with van der Waals surface area (Å²) in [4.78, 5) is 43.9. The highest BCUT2D eigenvalue weighted by atomic mass is 16.2. The zero-order valence-electron chi connectivity index (χ0n) is 9.95. The lowest BCUT2D eigenvalue weighted by Gasteiger charge is -2.31. The van der Waals surface area contributed by atoms with E-state index in [-0.39, 0.29) is 11.6 Å². The number of urea groups is 1. The Morgan fingerprint density at radius 3 is 2.39 bits per heavy atom. The molecule has 0 saturated carbocycles. The number of nitrogens with zero attached hydrogens (tertiary/aromatic N) is 3. The Balaban J connectivity index is 2.39. The van der Waals surface area contributed by atoms with Crippen LogP contribution in [-0.2, 0) is 9.59 Å². The molecule has 0 aromatic carbocycles. The Kier molecular flexibility index (Phi) is 3.05. The van der Waals surface area contributed by atoms with Gasteiger partial charge in [0.1, 0.15) is 12.2 Å². The van der Waals surface area contributed by atoms with E-state index >= 15 is 0 Å². The predicted molar refractivity (Wildman–Crippen MR) is 61.4 cm³/mol. The van der Waals surface area contributed by atoms with E-state index in [2.05, 4.69) is 15.3 Å². The minimum Gasteiger partial charge on any atom is -0.277 e. The molecule has 1 aliphatic heterocycles. The van der Waals surface area contributed by atoms with Gasteiger partial charge in [0.05, 0.1) is 18.1 Å². The quantitative estimate of drug-likeness (QED) is 0.761. The summed E-state index contributed by atoms with van der Waals surface area (Å²) in [5.41, 5.74) is 0.248. The Labute approximate surface area is 103 Å². The first-order valence-corrected chi connectivity index (χ1v) is 5.46. The van der Waals surface area contributed by atoms with Crippen LogP contribution in [-0.4, -0.2) is 27.8 Å². The number of anilines is 1. The van der Waals surface area contributed by atoms with Gasteiger partial charge in [0.25, 0.3) is 0 Å². The molecule has 0 spiro atoms. The van der Waals surface area contributed by atoms with Crippen molar-refractivity contribution in [2.75, 3.05) is 4.90 Å². The highest BCUT2D eigenvalue weighted by molar-refractivity contribution is 6.27. The maximum Gasteiger partial charge on any atom is 0.335 e. The van der Waals surface area contributed by atoms with Gasteiger partial charge in [-0.2, -0.15) is 0 Å². The number of imide groups is 2. The molecule has 4 amide bonds. The van der Waals surface area contributed by atoms with Crippen molar-refractivity contribution in [2.45, 2.75) is 13.8 Å². The topological polar surface area (TPSA) is 92.3 Å². The van der Waals surface area contributed by atoms with Crippen LogP contribution < -0.4 is 10.2 Å². The maximum absolute atomic E-state index is 12.2. The molecule has 94 valence electrons. The average molecular weight is 248 g/mol. The molecule has 1 fully saturated rings. The molecular formula is C11H12N4O3. The van der Waals surface area contributed by atoms with Crippen LogP contribution in [0.2, 0.25) is 0 Å². The minimum atomic E-state index is -0.872. The van der Waals surface area contributed by atoms with Gasteiger partial charge in [-0.3, -0.25) is 14.9 Å². The molecule has 0 aliphatic carbocycles. The fraction of sp³-hybridized carbons (Fsp3) is 0.364. The van der Waals surface area contributed by atoms with Crippen molar-refractivity contribution < 1.29 is 14.4 Å². The number of carbonyl (C=O) groups is 3. The van der Waals surface area contributed by atoms with E-state index in [0.717, 1.165) is 4.90 Å². The molecule has 2 rings (SSSR count). The zero-order valence-corrected chi connectivity index (χ0v) is 9.95. The lowest BCUT2D eigenvalue weighted by Crippen LogP contribution is -2.59. The smallest absolute Gasteiger partial charge is 0.277 e. The van der Waals surface area contributed by atoms with Gasteiger partial charge < -0.3 is 0 Å². The molecule has 1 saturated heterocycles. The Bertz CT molecular complexity index is 500. The van der Waals surface area contributed by atoms with E-state index in [1.54, 1.807) is 13.8 Å². The van der Waals surface area contributed by atoms with Gasteiger partial charge in [-0.05, 0) is 5.92 Å². The van der Waals surface area contributed by atoms with Gasteiger partial charge in [-0.15, -0.1) is 0 Å². The maximum atomic E-state index is 12.2. The summed E-state index contributed by atoms with van der Waals surface area (Å²) in [6.45, 7) is 3.50. The largest absolute Gasteiger partial charge is 0.335 e. The Morgan fingerprint density at radius 2 is 1.83 bits per heavy atom. The van der Waals surface area contributed by atoms with Crippen molar-refractivity contribution in [3.8, 4) is 0 Å². The number of rotatable bonds is 2. The van der Waals surface area contributed by atoms with Crippen LogP contribution >= 0.6 is 0 Å². The number of carbonyl (C=O) groups excluding carboxylic acids is 3. The summed E-state index contributed by atoms with van der Waals surface area (Å²) < 4.78 is 0. The molecule has 1 N–H and O–H groups in total. The fourth-order valence-corrected chi connectivity index (χ4v) is 1.83. The van der Waals surface area contributed by atoms with Crippen LogP contribution in [0.25, 0.3) is 0 Å². The Hall–Kier alpha value is -2.31. The minimum absolute atomic E-state index is 0.197. The molecule has 1 aromatic heterocycles. The van der Waals surface area contributed by atoms with Crippen LogP contribution in [0.4, 0.5) is 10.5 Å². The van der Waals surface area contributed by atoms with E-state index < -0.39 is 23.8 Å². The van der Waals surface area contributed by atoms with Crippen LogP contribution in [0.5, 0.6) is 0 Å². The average Bonchev–Trinajstić information content (AvgIpc) is 2.28. The van der Waals surface area contributed by atoms with Gasteiger partial charge in [0.15, 0.2) is 0 Å². The first-order chi connectivity index (χ1) is 8.52. The number of barbiturate groups is 1. The number of nitrogens with one attached hydrogen (secondary N) is 1. The SMILES string of the molecule is CC(C)C1C(=O)NC(=O)N(c2cncnc2)C1=O. The molecule has 1 unspecified atom stereocenters. The molecule has 18 heavy (non-hydrogen) atoms. The van der Waals surface area contributed by atoms with Gasteiger partial charge in [0.2, 0.25) is 11.8 Å². The highest BCUT2D eigenvalue weighted by Gasteiger charge is 2.42. The molecule has 1 aliphatic rings. The molecule has 1 aromatic rings. The van der Waals surface area contributed by atoms with Crippen LogP contribution in [0.1, 0.15) is 13.8 Å². The third-order valence-corrected chi connectivity index (χ3v) is 2.67. The lowest BCUT2D eigenvalue weighted by molar-refractivity contribution is -0.136. The monoisotopic (exact) mass is 248 g/mol. The summed E-state index contributed by atoms with van der Waals surface area (Å²) in [5, 5.41) is 2.16. The van der Waals surface area contributed by atoms with Crippen molar-refractivity contribution >= 4 is 23.5 Å². The molecule has 0 bridgehead atoms. The third-order valence-electron chi connectivity index (χ3n) is 2.67. The number of hydrogen-bond donors (Lipinski definition) is 1. The second-order valence-corrected chi connectivity index (χ2v) is 4.29. The van der Waals surface area contributed by atoms with Gasteiger partial charge >= 0.3 is 6.03 Å². The number of hydrogen-bond acceptors (Lipinski definition) is 5. The van der Waals surface area contributed by atoms with Gasteiger partial charge in [0, 0.05) is 0 Å². The summed E-state index contributed by atoms with van der Waals surface area (Å²) in [5.74, 6) is -2.18. The summed E-state index contributed by atoms with van der Waals surface area (Å²) >= 11 is 0. The van der Waals surface area contributed by atoms with Crippen molar-refractivity contribution in [3.05, 3.63) is 18.7 Å². The van der Waals surface area contributed by atoms with Crippen molar-refractivity contribution in [1.29, 1.82) is 0 Å². The second kappa shape index (κ2) is 4.52. The van der Waals surface area contributed by atoms with E-state index in [1.807, 2.05) is 0 Å². The fourth-order valence-electron chi connectivity index (χ4n) is 1.83. The van der Waals surface area contributed by atoms with E-state index in [4.69, 9.17) is 0 Å². The van der Waals surface area contributed by atoms with Crippen LogP contribution in [0.3, 0.4) is 0 Å².